The van der Waals surface area contributed by atoms with Gasteiger partial charge in [-0.3, -0.25) is 9.59 Å². The number of hydrogen-bond acceptors (Lipinski definition) is 3. The van der Waals surface area contributed by atoms with Crippen LogP contribution in [0.1, 0.15) is 21.6 Å². The molecule has 0 aliphatic carbocycles. The first-order chi connectivity index (χ1) is 9.51. The number of aryl methyl sites for hydroxylation is 1. The summed E-state index contributed by atoms with van der Waals surface area (Å²) >= 11 is 3.27. The minimum Gasteiger partial charge on any atom is -0.364 e. The topological polar surface area (TPSA) is 85.8 Å². The van der Waals surface area contributed by atoms with Crippen LogP contribution in [0, 0.1) is 18.3 Å². The fraction of sp³-hybridized carbons (Fsp3) is 0.0714. The Hall–Kier alpha value is -2.39. The normalized spacial score (nSPS) is 9.85. The number of aromatic amines is 1. The monoisotopic (exact) mass is 331 g/mol. The van der Waals surface area contributed by atoms with Crippen LogP contribution in [-0.2, 0) is 0 Å². The third-order valence-corrected chi connectivity index (χ3v) is 3.15. The van der Waals surface area contributed by atoms with Gasteiger partial charge in [-0.25, -0.2) is 0 Å². The largest absolute Gasteiger partial charge is 0.364 e. The maximum atomic E-state index is 12.1. The number of nitrogens with one attached hydrogen (secondary N) is 2. The van der Waals surface area contributed by atoms with Crippen molar-refractivity contribution in [3.63, 3.8) is 0 Å². The molecular formula is C14H10BrN3O2. The molecule has 1 aromatic carbocycles. The predicted octanol–water partition coefficient (Wildman–Crippen LogP) is 2.57. The Morgan fingerprint density at radius 2 is 2.15 bits per heavy atom. The second-order valence-corrected chi connectivity index (χ2v) is 5.07. The van der Waals surface area contributed by atoms with Crippen LogP contribution in [0.5, 0.6) is 0 Å². The molecule has 0 saturated heterocycles. The van der Waals surface area contributed by atoms with E-state index < -0.39 is 5.91 Å². The van der Waals surface area contributed by atoms with Crippen molar-refractivity contribution in [3.05, 3.63) is 62.0 Å². The summed E-state index contributed by atoms with van der Waals surface area (Å²) in [5.41, 5.74) is 0.982. The molecule has 6 heteroatoms. The van der Waals surface area contributed by atoms with Gasteiger partial charge < -0.3 is 10.3 Å². The number of nitriles is 1. The third kappa shape index (κ3) is 2.95. The van der Waals surface area contributed by atoms with Gasteiger partial charge in [-0.15, -0.1) is 0 Å². The summed E-state index contributed by atoms with van der Waals surface area (Å²) in [4.78, 5) is 26.6. The van der Waals surface area contributed by atoms with Gasteiger partial charge >= 0.3 is 0 Å². The second-order valence-electron chi connectivity index (χ2n) is 4.15. The fourth-order valence-corrected chi connectivity index (χ4v) is 2.02. The van der Waals surface area contributed by atoms with Crippen LogP contribution in [0.15, 0.2) is 39.7 Å². The number of halogens is 1. The fourth-order valence-electron chi connectivity index (χ4n) is 1.66. The molecule has 1 aromatic heterocycles. The van der Waals surface area contributed by atoms with Gasteiger partial charge in [-0.2, -0.15) is 5.26 Å². The minimum atomic E-state index is -0.555. The van der Waals surface area contributed by atoms with Crippen molar-refractivity contribution in [1.29, 1.82) is 5.26 Å². The summed E-state index contributed by atoms with van der Waals surface area (Å²) in [6.07, 6.45) is 1.36. The van der Waals surface area contributed by atoms with E-state index in [9.17, 15) is 9.59 Å². The van der Waals surface area contributed by atoms with Crippen molar-refractivity contribution in [2.24, 2.45) is 0 Å². The van der Waals surface area contributed by atoms with Crippen LogP contribution >= 0.6 is 15.9 Å². The van der Waals surface area contributed by atoms with Gasteiger partial charge in [0.15, 0.2) is 5.43 Å². The van der Waals surface area contributed by atoms with E-state index in [1.165, 1.54) is 12.3 Å². The smallest absolute Gasteiger partial charge is 0.261 e. The van der Waals surface area contributed by atoms with Crippen LogP contribution in [0.3, 0.4) is 0 Å². The molecule has 0 fully saturated rings. The van der Waals surface area contributed by atoms with Crippen LogP contribution in [0.4, 0.5) is 5.69 Å². The number of carbonyl (C=O) groups is 1. The minimum absolute atomic E-state index is 0.000495. The highest BCUT2D eigenvalue weighted by Gasteiger charge is 2.13. The number of hydrogen-bond donors (Lipinski definition) is 2. The molecule has 0 spiro atoms. The summed E-state index contributed by atoms with van der Waals surface area (Å²) in [5.74, 6) is -0.555. The van der Waals surface area contributed by atoms with E-state index in [0.29, 0.717) is 16.9 Å². The number of H-pyrrole nitrogens is 1. The molecule has 0 saturated carbocycles. The molecular weight excluding hydrogens is 322 g/mol. The molecule has 0 atom stereocenters. The van der Waals surface area contributed by atoms with E-state index in [-0.39, 0.29) is 11.0 Å². The molecule has 0 radical (unpaired) electrons. The molecule has 0 unspecified atom stereocenters. The number of anilines is 1. The lowest BCUT2D eigenvalue weighted by molar-refractivity contribution is 0.102. The molecule has 0 aliphatic heterocycles. The van der Waals surface area contributed by atoms with Gasteiger partial charge in [-0.05, 0) is 25.1 Å². The highest BCUT2D eigenvalue weighted by molar-refractivity contribution is 9.10. The Labute approximate surface area is 123 Å². The summed E-state index contributed by atoms with van der Waals surface area (Å²) in [6.45, 7) is 1.73. The zero-order valence-electron chi connectivity index (χ0n) is 10.5. The van der Waals surface area contributed by atoms with E-state index >= 15 is 0 Å². The number of rotatable bonds is 2. The Morgan fingerprint density at radius 1 is 1.40 bits per heavy atom. The highest BCUT2D eigenvalue weighted by Crippen LogP contribution is 2.21. The van der Waals surface area contributed by atoms with E-state index in [4.69, 9.17) is 5.26 Å². The number of aromatic nitrogens is 1. The molecule has 2 aromatic rings. The standard InChI is InChI=1S/C14H10BrN3O2/c1-8-4-13(19)11(7-17-8)14(20)18-12-5-10(15)3-2-9(12)6-16/h2-5,7H,1H3,(H,17,19)(H,18,20). The van der Waals surface area contributed by atoms with Gasteiger partial charge in [0, 0.05) is 22.4 Å². The maximum Gasteiger partial charge on any atom is 0.261 e. The first-order valence-corrected chi connectivity index (χ1v) is 6.51. The van der Waals surface area contributed by atoms with Crippen molar-refractivity contribution in [3.8, 4) is 6.07 Å². The molecule has 2 rings (SSSR count). The Bertz CT molecular complexity index is 775. The van der Waals surface area contributed by atoms with Gasteiger partial charge in [0.2, 0.25) is 0 Å². The highest BCUT2D eigenvalue weighted by atomic mass is 79.9. The maximum absolute atomic E-state index is 12.1. The SMILES string of the molecule is Cc1cc(=O)c(C(=O)Nc2cc(Br)ccc2C#N)c[nH]1. The van der Waals surface area contributed by atoms with Crippen LogP contribution in [0.2, 0.25) is 0 Å². The molecule has 20 heavy (non-hydrogen) atoms. The van der Waals surface area contributed by atoms with Crippen molar-refractivity contribution < 1.29 is 4.79 Å². The van der Waals surface area contributed by atoms with E-state index in [2.05, 4.69) is 26.2 Å². The second kappa shape index (κ2) is 5.72. The zero-order chi connectivity index (χ0) is 14.7. The number of nitrogens with zero attached hydrogens (tertiary/aromatic N) is 1. The van der Waals surface area contributed by atoms with Crippen molar-refractivity contribution in [1.82, 2.24) is 4.98 Å². The molecule has 1 amide bonds. The van der Waals surface area contributed by atoms with Crippen LogP contribution < -0.4 is 10.7 Å². The molecule has 0 bridgehead atoms. The summed E-state index contributed by atoms with van der Waals surface area (Å²) in [6, 6.07) is 8.22. The molecule has 1 heterocycles. The predicted molar refractivity (Wildman–Crippen MR) is 78.6 cm³/mol. The van der Waals surface area contributed by atoms with E-state index in [1.807, 2.05) is 6.07 Å². The zero-order valence-corrected chi connectivity index (χ0v) is 12.1. The van der Waals surface area contributed by atoms with Crippen molar-refractivity contribution in [2.45, 2.75) is 6.92 Å². The first-order valence-electron chi connectivity index (χ1n) is 5.71. The summed E-state index contributed by atoms with van der Waals surface area (Å²) < 4.78 is 0.726. The van der Waals surface area contributed by atoms with E-state index in [1.54, 1.807) is 25.1 Å². The van der Waals surface area contributed by atoms with E-state index in [0.717, 1.165) is 4.47 Å². The number of carbonyl (C=O) groups excluding carboxylic acids is 1. The van der Waals surface area contributed by atoms with Crippen LogP contribution in [-0.4, -0.2) is 10.9 Å². The summed E-state index contributed by atoms with van der Waals surface area (Å²) in [7, 11) is 0. The number of amides is 1. The van der Waals surface area contributed by atoms with Crippen LogP contribution in [0.25, 0.3) is 0 Å². The molecule has 2 N–H and O–H groups in total. The average molecular weight is 332 g/mol. The molecule has 100 valence electrons. The molecule has 5 nitrogen and oxygen atoms in total. The average Bonchev–Trinajstić information content (AvgIpc) is 2.38. The first kappa shape index (κ1) is 14.0. The summed E-state index contributed by atoms with van der Waals surface area (Å²) in [5, 5.41) is 11.6. The quantitative estimate of drug-likeness (QED) is 0.886. The number of benzene rings is 1. The van der Waals surface area contributed by atoms with Gasteiger partial charge in [0.25, 0.3) is 5.91 Å². The Balaban J connectivity index is 2.35. The molecule has 0 aliphatic rings. The van der Waals surface area contributed by atoms with Gasteiger partial charge in [0.05, 0.1) is 11.3 Å². The Morgan fingerprint density at radius 3 is 2.80 bits per heavy atom. The van der Waals surface area contributed by atoms with Crippen molar-refractivity contribution in [2.75, 3.05) is 5.32 Å². The van der Waals surface area contributed by atoms with Crippen molar-refractivity contribution >= 4 is 27.5 Å². The Kier molecular flexibility index (Phi) is 4.01. The lowest BCUT2D eigenvalue weighted by atomic mass is 10.1. The number of pyridine rings is 1. The van der Waals surface area contributed by atoms with Gasteiger partial charge in [0.1, 0.15) is 11.6 Å². The van der Waals surface area contributed by atoms with Gasteiger partial charge in [-0.1, -0.05) is 15.9 Å². The third-order valence-electron chi connectivity index (χ3n) is 2.65. The lowest BCUT2D eigenvalue weighted by Crippen LogP contribution is -2.22. The lowest BCUT2D eigenvalue weighted by Gasteiger charge is -2.07.